The third kappa shape index (κ3) is 7.82. The number of aromatic nitrogens is 2. The van der Waals surface area contributed by atoms with Gasteiger partial charge in [0.05, 0.1) is 11.4 Å². The third-order valence-electron chi connectivity index (χ3n) is 5.24. The van der Waals surface area contributed by atoms with Crippen LogP contribution in [0.4, 0.5) is 0 Å². The van der Waals surface area contributed by atoms with E-state index >= 15 is 0 Å². The van der Waals surface area contributed by atoms with Crippen LogP contribution in [0.5, 0.6) is 0 Å². The number of hydrogen-bond acceptors (Lipinski definition) is 2. The van der Waals surface area contributed by atoms with Crippen LogP contribution in [-0.4, -0.2) is 19.5 Å². The molecule has 0 N–H and O–H groups in total. The summed E-state index contributed by atoms with van der Waals surface area (Å²) in [5.74, 6) is 0. The van der Waals surface area contributed by atoms with E-state index in [-0.39, 0.29) is 0 Å². The molecular weight excluding hydrogens is 579 g/mol. The van der Waals surface area contributed by atoms with E-state index in [1.807, 2.05) is 48.8 Å². The summed E-state index contributed by atoms with van der Waals surface area (Å²) in [6.07, 6.45) is 3.66. The molecular formula is C30H26Cl2N2SiZr. The van der Waals surface area contributed by atoms with Crippen molar-refractivity contribution in [2.45, 2.75) is 13.1 Å². The average Bonchev–Trinajstić information content (AvgIpc) is 3.61. The zero-order valence-electron chi connectivity index (χ0n) is 20.2. The van der Waals surface area contributed by atoms with Crippen molar-refractivity contribution in [3.8, 4) is 22.5 Å². The van der Waals surface area contributed by atoms with Gasteiger partial charge >= 0.3 is 37.9 Å². The van der Waals surface area contributed by atoms with E-state index in [2.05, 4.69) is 95.9 Å². The molecule has 0 bridgehead atoms. The second-order valence-corrected chi connectivity index (χ2v) is 12.4. The Labute approximate surface area is 234 Å². The first-order valence-electron chi connectivity index (χ1n) is 11.4. The Morgan fingerprint density at radius 1 is 0.611 bits per heavy atom. The van der Waals surface area contributed by atoms with Gasteiger partial charge in [-0.3, -0.25) is 9.97 Å². The van der Waals surface area contributed by atoms with E-state index in [1.54, 1.807) is 0 Å². The molecule has 6 rings (SSSR count). The van der Waals surface area contributed by atoms with Crippen molar-refractivity contribution >= 4 is 48.1 Å². The van der Waals surface area contributed by atoms with Crippen LogP contribution in [0.15, 0.2) is 122 Å². The van der Waals surface area contributed by atoms with E-state index in [9.17, 15) is 0 Å². The van der Waals surface area contributed by atoms with Crippen molar-refractivity contribution in [3.63, 3.8) is 0 Å². The van der Waals surface area contributed by atoms with Gasteiger partial charge in [0.1, 0.15) is 0 Å². The number of rotatable bonds is 2. The molecule has 0 fully saturated rings. The fraction of sp³-hybridized carbons (Fsp3) is 0.0667. The zero-order chi connectivity index (χ0) is 25.6. The van der Waals surface area contributed by atoms with E-state index in [0.717, 1.165) is 20.9 Å². The van der Waals surface area contributed by atoms with Crippen LogP contribution in [0.2, 0.25) is 13.1 Å². The predicted molar refractivity (Wildman–Crippen MR) is 155 cm³/mol. The smallest absolute Gasteiger partial charge is 0.0607 e. The fourth-order valence-corrected chi connectivity index (χ4v) is 3.82. The van der Waals surface area contributed by atoms with Crippen LogP contribution < -0.4 is 0 Å². The molecule has 0 unspecified atom stereocenters. The number of fused-ring (bicyclic) bond motifs is 2. The summed E-state index contributed by atoms with van der Waals surface area (Å²) in [5.41, 5.74) is 4.49. The van der Waals surface area contributed by atoms with Crippen LogP contribution in [0.3, 0.4) is 0 Å². The van der Waals surface area contributed by atoms with Gasteiger partial charge < -0.3 is 0 Å². The van der Waals surface area contributed by atoms with Gasteiger partial charge in [-0.25, -0.2) is 0 Å². The Bertz CT molecular complexity index is 1320. The molecule has 6 heteroatoms. The Morgan fingerprint density at radius 2 is 1.03 bits per heavy atom. The zero-order valence-corrected chi connectivity index (χ0v) is 25.2. The summed E-state index contributed by atoms with van der Waals surface area (Å²) in [4.78, 5) is 8.76. The number of hydrogen-bond donors (Lipinski definition) is 0. The minimum absolute atomic E-state index is 0.826. The molecule has 2 radical (unpaired) electrons. The first-order valence-corrected chi connectivity index (χ1v) is 19.7. The second-order valence-electron chi connectivity index (χ2n) is 7.67. The molecule has 6 aromatic rings. The van der Waals surface area contributed by atoms with Crippen LogP contribution in [-0.2, 0) is 20.8 Å². The normalized spacial score (nSPS) is 9.67. The molecule has 0 aliphatic rings. The molecule has 0 aliphatic heterocycles. The summed E-state index contributed by atoms with van der Waals surface area (Å²) < 4.78 is 0. The monoisotopic (exact) mass is 602 g/mol. The maximum absolute atomic E-state index is 4.93. The van der Waals surface area contributed by atoms with Gasteiger partial charge in [0.25, 0.3) is 0 Å². The quantitative estimate of drug-likeness (QED) is 0.145. The number of halogens is 2. The van der Waals surface area contributed by atoms with Gasteiger partial charge in [0, 0.05) is 21.9 Å². The molecule has 0 spiro atoms. The molecule has 36 heavy (non-hydrogen) atoms. The maximum atomic E-state index is 4.93. The molecule has 0 aliphatic carbocycles. The Hall–Kier alpha value is -2.36. The van der Waals surface area contributed by atoms with Crippen LogP contribution in [0, 0.1) is 0 Å². The summed E-state index contributed by atoms with van der Waals surface area (Å²) in [6, 6.07) is 37.3. The van der Waals surface area contributed by atoms with E-state index in [0.29, 0.717) is 0 Å². The number of pyridine rings is 2. The second kappa shape index (κ2) is 15.7. The van der Waals surface area contributed by atoms with Gasteiger partial charge in [-0.2, -0.15) is 24.3 Å². The van der Waals surface area contributed by atoms with Crippen LogP contribution in [0.1, 0.15) is 0 Å². The topological polar surface area (TPSA) is 25.8 Å². The summed E-state index contributed by atoms with van der Waals surface area (Å²) in [6.45, 7) is 4.31. The van der Waals surface area contributed by atoms with Gasteiger partial charge in [-0.05, 0) is 35.4 Å². The van der Waals surface area contributed by atoms with Crippen molar-refractivity contribution in [2.75, 3.05) is 0 Å². The molecule has 2 heterocycles. The SMILES string of the molecule is C[Si]C.[Cl][Zr+2][Cl].c1ccc(-c2cccc3[cH-]ccc23)nc1.c1ccc(-c2cccc3[cH-]ccc23)nc1. The van der Waals surface area contributed by atoms with Crippen molar-refractivity contribution in [3.05, 3.63) is 122 Å². The molecule has 178 valence electrons. The Morgan fingerprint density at radius 3 is 1.39 bits per heavy atom. The van der Waals surface area contributed by atoms with Gasteiger partial charge in [-0.15, -0.1) is 57.9 Å². The van der Waals surface area contributed by atoms with Crippen molar-refractivity contribution in [1.29, 1.82) is 0 Å². The summed E-state index contributed by atoms with van der Waals surface area (Å²) in [7, 11) is 11.0. The standard InChI is InChI=1S/2C14H10N.C2H6Si.2ClH.Zr/c2*1-2-10-15-14(9-1)13-8-4-6-11-5-3-7-12(11)13;1-3-2;;;/h2*1-10H;1-2H3;2*1H;/q2*-1;;;;+4/p-2. The average molecular weight is 605 g/mol. The molecule has 0 atom stereocenters. The molecule has 4 aromatic carbocycles. The van der Waals surface area contributed by atoms with Gasteiger partial charge in [0.15, 0.2) is 0 Å². The van der Waals surface area contributed by atoms with Crippen molar-refractivity contribution in [2.24, 2.45) is 0 Å². The first kappa shape index (κ1) is 28.2. The van der Waals surface area contributed by atoms with E-state index < -0.39 is 20.8 Å². The summed E-state index contributed by atoms with van der Waals surface area (Å²) >= 11 is -0.826. The predicted octanol–water partition coefficient (Wildman–Crippen LogP) is 9.40. The first-order chi connectivity index (χ1) is 17.7. The van der Waals surface area contributed by atoms with Crippen molar-refractivity contribution < 1.29 is 20.8 Å². The molecule has 0 amide bonds. The molecule has 0 saturated heterocycles. The van der Waals surface area contributed by atoms with Crippen molar-refractivity contribution in [1.82, 2.24) is 9.97 Å². The fourth-order valence-electron chi connectivity index (χ4n) is 3.82. The number of nitrogens with zero attached hydrogens (tertiary/aromatic N) is 2. The van der Waals surface area contributed by atoms with E-state index in [4.69, 9.17) is 17.0 Å². The minimum Gasteiger partial charge on any atom is -0.257 e. The van der Waals surface area contributed by atoms with Gasteiger partial charge in [0.2, 0.25) is 0 Å². The largest absolute Gasteiger partial charge is 0.257 e. The Balaban J connectivity index is 0.000000165. The molecule has 0 saturated carbocycles. The molecule has 2 aromatic heterocycles. The maximum Gasteiger partial charge on any atom is 0.0607 e. The Kier molecular flexibility index (Phi) is 12.3. The minimum atomic E-state index is -0.826. The van der Waals surface area contributed by atoms with Gasteiger partial charge in [-0.1, -0.05) is 37.4 Å². The summed E-state index contributed by atoms with van der Waals surface area (Å²) in [5, 5.41) is 5.10. The molecule has 2 nitrogen and oxygen atoms in total. The van der Waals surface area contributed by atoms with Crippen LogP contribution >= 0.6 is 17.0 Å². The number of benzene rings is 2. The third-order valence-corrected chi connectivity index (χ3v) is 5.24. The van der Waals surface area contributed by atoms with E-state index in [1.165, 1.54) is 32.7 Å². The van der Waals surface area contributed by atoms with Crippen LogP contribution in [0.25, 0.3) is 44.1 Å².